The van der Waals surface area contributed by atoms with E-state index in [1.807, 2.05) is 10.6 Å². The van der Waals surface area contributed by atoms with Crippen LogP contribution in [0.4, 0.5) is 4.39 Å². The van der Waals surface area contributed by atoms with Gasteiger partial charge in [-0.05, 0) is 24.6 Å². The number of aryl methyl sites for hydroxylation is 1. The molecule has 0 N–H and O–H groups in total. The van der Waals surface area contributed by atoms with Crippen molar-refractivity contribution in [1.29, 1.82) is 0 Å². The first-order valence-electron chi connectivity index (χ1n) is 5.05. The van der Waals surface area contributed by atoms with Crippen molar-refractivity contribution in [2.24, 2.45) is 0 Å². The van der Waals surface area contributed by atoms with Gasteiger partial charge in [0, 0.05) is 16.6 Å². The Kier molecular flexibility index (Phi) is 3.33. The van der Waals surface area contributed by atoms with Crippen LogP contribution in [0, 0.1) is 5.82 Å². The number of rotatable bonds is 3. The van der Waals surface area contributed by atoms with Crippen molar-refractivity contribution in [1.82, 2.24) is 14.8 Å². The predicted octanol–water partition coefficient (Wildman–Crippen LogP) is 3.26. The van der Waals surface area contributed by atoms with Crippen LogP contribution in [0.5, 0.6) is 0 Å². The monoisotopic (exact) mass is 283 g/mol. The fourth-order valence-electron chi connectivity index (χ4n) is 1.57. The standard InChI is InChI=1S/C11H11BrFN3/c1-2-3-16-7-14-15-11(16)8-4-9(12)6-10(13)5-8/h4-7H,2-3H2,1H3. The van der Waals surface area contributed by atoms with E-state index in [-0.39, 0.29) is 5.82 Å². The molecule has 0 saturated carbocycles. The normalized spacial score (nSPS) is 10.7. The zero-order valence-electron chi connectivity index (χ0n) is 8.82. The van der Waals surface area contributed by atoms with E-state index >= 15 is 0 Å². The summed E-state index contributed by atoms with van der Waals surface area (Å²) in [6.07, 6.45) is 2.65. The van der Waals surface area contributed by atoms with Crippen molar-refractivity contribution in [3.8, 4) is 11.4 Å². The highest BCUT2D eigenvalue weighted by Gasteiger charge is 2.08. The molecule has 0 aliphatic rings. The summed E-state index contributed by atoms with van der Waals surface area (Å²) < 4.78 is 15.9. The molecular weight excluding hydrogens is 273 g/mol. The molecule has 2 aromatic rings. The third-order valence-electron chi connectivity index (χ3n) is 2.20. The number of aromatic nitrogens is 3. The zero-order valence-corrected chi connectivity index (χ0v) is 10.4. The Bertz CT molecular complexity index is 475. The van der Waals surface area contributed by atoms with E-state index in [0.29, 0.717) is 10.3 Å². The first-order chi connectivity index (χ1) is 7.70. The molecule has 0 aliphatic carbocycles. The Hall–Kier alpha value is -1.23. The molecule has 0 fully saturated rings. The highest BCUT2D eigenvalue weighted by atomic mass is 79.9. The van der Waals surface area contributed by atoms with Crippen LogP contribution < -0.4 is 0 Å². The van der Waals surface area contributed by atoms with Crippen molar-refractivity contribution in [3.05, 3.63) is 34.8 Å². The molecule has 1 heterocycles. The lowest BCUT2D eigenvalue weighted by Crippen LogP contribution is -1.98. The highest BCUT2D eigenvalue weighted by Crippen LogP contribution is 2.23. The summed E-state index contributed by atoms with van der Waals surface area (Å²) in [7, 11) is 0. The maximum absolute atomic E-state index is 13.3. The average Bonchev–Trinajstić information content (AvgIpc) is 2.65. The zero-order chi connectivity index (χ0) is 11.5. The molecule has 0 amide bonds. The van der Waals surface area contributed by atoms with E-state index in [4.69, 9.17) is 0 Å². The van der Waals surface area contributed by atoms with Gasteiger partial charge in [-0.2, -0.15) is 0 Å². The summed E-state index contributed by atoms with van der Waals surface area (Å²) in [5, 5.41) is 7.86. The summed E-state index contributed by atoms with van der Waals surface area (Å²) in [4.78, 5) is 0. The first kappa shape index (κ1) is 11.3. The molecule has 84 valence electrons. The Labute approximate surface area is 101 Å². The highest BCUT2D eigenvalue weighted by molar-refractivity contribution is 9.10. The fourth-order valence-corrected chi connectivity index (χ4v) is 2.03. The molecule has 0 saturated heterocycles. The molecule has 0 radical (unpaired) electrons. The molecule has 0 aliphatic heterocycles. The number of benzene rings is 1. The van der Waals surface area contributed by atoms with Crippen LogP contribution in [-0.4, -0.2) is 14.8 Å². The average molecular weight is 284 g/mol. The molecular formula is C11H11BrFN3. The lowest BCUT2D eigenvalue weighted by Gasteiger charge is -2.05. The third kappa shape index (κ3) is 2.29. The van der Waals surface area contributed by atoms with Crippen LogP contribution in [0.3, 0.4) is 0 Å². The lowest BCUT2D eigenvalue weighted by atomic mass is 10.2. The van der Waals surface area contributed by atoms with Gasteiger partial charge in [0.15, 0.2) is 5.82 Å². The Morgan fingerprint density at radius 3 is 2.88 bits per heavy atom. The molecule has 2 rings (SSSR count). The predicted molar refractivity (Wildman–Crippen MR) is 63.4 cm³/mol. The second-order valence-corrected chi connectivity index (χ2v) is 4.42. The van der Waals surface area contributed by atoms with Crippen molar-refractivity contribution < 1.29 is 4.39 Å². The van der Waals surface area contributed by atoms with Crippen LogP contribution in [0.25, 0.3) is 11.4 Å². The van der Waals surface area contributed by atoms with Gasteiger partial charge in [-0.3, -0.25) is 0 Å². The van der Waals surface area contributed by atoms with Crippen LogP contribution in [0.15, 0.2) is 29.0 Å². The van der Waals surface area contributed by atoms with E-state index in [1.54, 1.807) is 6.33 Å². The number of hydrogen-bond acceptors (Lipinski definition) is 2. The summed E-state index contributed by atoms with van der Waals surface area (Å²) >= 11 is 3.26. The maximum Gasteiger partial charge on any atom is 0.163 e. The molecule has 3 nitrogen and oxygen atoms in total. The molecule has 0 unspecified atom stereocenters. The van der Waals surface area contributed by atoms with E-state index in [1.165, 1.54) is 12.1 Å². The topological polar surface area (TPSA) is 30.7 Å². The number of halogens is 2. The van der Waals surface area contributed by atoms with Gasteiger partial charge in [-0.1, -0.05) is 22.9 Å². The fraction of sp³-hybridized carbons (Fsp3) is 0.273. The van der Waals surface area contributed by atoms with Crippen LogP contribution in [-0.2, 0) is 6.54 Å². The molecule has 5 heteroatoms. The lowest BCUT2D eigenvalue weighted by molar-refractivity contribution is 0.626. The van der Waals surface area contributed by atoms with Gasteiger partial charge in [-0.15, -0.1) is 10.2 Å². The van der Waals surface area contributed by atoms with Crippen molar-refractivity contribution in [2.75, 3.05) is 0 Å². The summed E-state index contributed by atoms with van der Waals surface area (Å²) in [5.41, 5.74) is 0.734. The van der Waals surface area contributed by atoms with Gasteiger partial charge in [0.25, 0.3) is 0 Å². The second kappa shape index (κ2) is 4.74. The Morgan fingerprint density at radius 2 is 2.19 bits per heavy atom. The van der Waals surface area contributed by atoms with Crippen LogP contribution >= 0.6 is 15.9 Å². The van der Waals surface area contributed by atoms with Crippen molar-refractivity contribution in [2.45, 2.75) is 19.9 Å². The minimum absolute atomic E-state index is 0.282. The third-order valence-corrected chi connectivity index (χ3v) is 2.66. The minimum Gasteiger partial charge on any atom is -0.314 e. The largest absolute Gasteiger partial charge is 0.314 e. The van der Waals surface area contributed by atoms with Gasteiger partial charge in [0.2, 0.25) is 0 Å². The minimum atomic E-state index is -0.282. The molecule has 0 atom stereocenters. The van der Waals surface area contributed by atoms with Gasteiger partial charge >= 0.3 is 0 Å². The number of hydrogen-bond donors (Lipinski definition) is 0. The molecule has 1 aromatic heterocycles. The van der Waals surface area contributed by atoms with Gasteiger partial charge in [0.05, 0.1) is 0 Å². The van der Waals surface area contributed by atoms with E-state index in [2.05, 4.69) is 33.1 Å². The number of nitrogens with zero attached hydrogens (tertiary/aromatic N) is 3. The Balaban J connectivity index is 2.45. The van der Waals surface area contributed by atoms with Gasteiger partial charge in [0.1, 0.15) is 12.1 Å². The van der Waals surface area contributed by atoms with Gasteiger partial charge < -0.3 is 4.57 Å². The SMILES string of the molecule is CCCn1cnnc1-c1cc(F)cc(Br)c1. The van der Waals surface area contributed by atoms with Crippen molar-refractivity contribution >= 4 is 15.9 Å². The molecule has 16 heavy (non-hydrogen) atoms. The van der Waals surface area contributed by atoms with Crippen LogP contribution in [0.2, 0.25) is 0 Å². The van der Waals surface area contributed by atoms with E-state index in [0.717, 1.165) is 18.5 Å². The second-order valence-electron chi connectivity index (χ2n) is 3.51. The molecule has 0 bridgehead atoms. The Morgan fingerprint density at radius 1 is 1.38 bits per heavy atom. The van der Waals surface area contributed by atoms with Gasteiger partial charge in [-0.25, -0.2) is 4.39 Å². The van der Waals surface area contributed by atoms with E-state index in [9.17, 15) is 4.39 Å². The molecule has 0 spiro atoms. The maximum atomic E-state index is 13.3. The van der Waals surface area contributed by atoms with Crippen LogP contribution in [0.1, 0.15) is 13.3 Å². The summed E-state index contributed by atoms with van der Waals surface area (Å²) in [6, 6.07) is 4.71. The van der Waals surface area contributed by atoms with Crippen molar-refractivity contribution in [3.63, 3.8) is 0 Å². The summed E-state index contributed by atoms with van der Waals surface area (Å²) in [5.74, 6) is 0.414. The van der Waals surface area contributed by atoms with E-state index < -0.39 is 0 Å². The molecule has 1 aromatic carbocycles. The quantitative estimate of drug-likeness (QED) is 0.866. The smallest absolute Gasteiger partial charge is 0.163 e. The summed E-state index contributed by atoms with van der Waals surface area (Å²) in [6.45, 7) is 2.90. The first-order valence-corrected chi connectivity index (χ1v) is 5.84.